The minimum absolute atomic E-state index is 0.0345. The van der Waals surface area contributed by atoms with Crippen LogP contribution in [0, 0.1) is 0 Å². The van der Waals surface area contributed by atoms with Crippen molar-refractivity contribution in [1.82, 2.24) is 19.9 Å². The van der Waals surface area contributed by atoms with Crippen molar-refractivity contribution in [2.45, 2.75) is 19.4 Å². The van der Waals surface area contributed by atoms with Crippen LogP contribution < -0.4 is 11.3 Å². The molecule has 0 aliphatic carbocycles. The van der Waals surface area contributed by atoms with E-state index in [2.05, 4.69) is 15.2 Å². The molecule has 0 bridgehead atoms. The monoisotopic (exact) mass is 365 g/mol. The van der Waals surface area contributed by atoms with Crippen molar-refractivity contribution >= 4 is 28.9 Å². The lowest BCUT2D eigenvalue weighted by Crippen LogP contribution is -2.24. The Hall–Kier alpha value is -2.38. The van der Waals surface area contributed by atoms with E-state index in [1.54, 1.807) is 0 Å². The van der Waals surface area contributed by atoms with Gasteiger partial charge < -0.3 is 10.3 Å². The van der Waals surface area contributed by atoms with E-state index in [9.17, 15) is 4.79 Å². The molecule has 0 saturated heterocycles. The number of nitrogens with zero attached hydrogens (tertiary/aromatic N) is 4. The second kappa shape index (κ2) is 7.02. The van der Waals surface area contributed by atoms with Crippen LogP contribution in [-0.2, 0) is 19.4 Å². The van der Waals surface area contributed by atoms with Gasteiger partial charge in [0.15, 0.2) is 5.82 Å². The second-order valence-corrected chi connectivity index (χ2v) is 5.92. The number of benzene rings is 1. The third-order valence-electron chi connectivity index (χ3n) is 3.36. The molecule has 2 aromatic heterocycles. The van der Waals surface area contributed by atoms with Crippen molar-refractivity contribution in [3.8, 4) is 0 Å². The summed E-state index contributed by atoms with van der Waals surface area (Å²) in [5.74, 6) is 0.825. The molecule has 0 spiro atoms. The molecule has 0 aliphatic rings. The number of halogens is 2. The van der Waals surface area contributed by atoms with E-state index in [1.165, 1.54) is 6.20 Å². The first kappa shape index (κ1) is 16.5. The first-order chi connectivity index (χ1) is 11.5. The largest absolute Gasteiger partial charge is 0.396 e. The molecule has 0 fully saturated rings. The van der Waals surface area contributed by atoms with E-state index >= 15 is 0 Å². The lowest BCUT2D eigenvalue weighted by molar-refractivity contribution is 0.358. The molecule has 7 nitrogen and oxygen atoms in total. The summed E-state index contributed by atoms with van der Waals surface area (Å²) in [5.41, 5.74) is 6.27. The van der Waals surface area contributed by atoms with Crippen LogP contribution in [0.2, 0.25) is 10.0 Å². The first-order valence-electron chi connectivity index (χ1n) is 7.10. The van der Waals surface area contributed by atoms with E-state index in [1.807, 2.05) is 24.3 Å². The molecule has 3 rings (SSSR count). The molecule has 124 valence electrons. The third kappa shape index (κ3) is 3.74. The van der Waals surface area contributed by atoms with Crippen LogP contribution in [-0.4, -0.2) is 19.9 Å². The molecule has 0 aliphatic heterocycles. The highest BCUT2D eigenvalue weighted by molar-refractivity contribution is 6.32. The van der Waals surface area contributed by atoms with Gasteiger partial charge in [0, 0.05) is 11.4 Å². The predicted octanol–water partition coefficient (Wildman–Crippen LogP) is 2.35. The van der Waals surface area contributed by atoms with Crippen LogP contribution in [0.4, 0.5) is 5.69 Å². The highest BCUT2D eigenvalue weighted by atomic mass is 35.5. The Morgan fingerprint density at radius 2 is 1.92 bits per heavy atom. The van der Waals surface area contributed by atoms with Crippen molar-refractivity contribution < 1.29 is 4.52 Å². The number of nitrogen functional groups attached to an aromatic ring is 1. The molecule has 2 heterocycles. The Morgan fingerprint density at radius 1 is 1.17 bits per heavy atom. The van der Waals surface area contributed by atoms with Crippen LogP contribution in [0.3, 0.4) is 0 Å². The molecule has 9 heteroatoms. The molecule has 0 amide bonds. The smallest absolute Gasteiger partial charge is 0.288 e. The van der Waals surface area contributed by atoms with Gasteiger partial charge in [0.2, 0.25) is 5.89 Å². The first-order valence-corrected chi connectivity index (χ1v) is 7.85. The molecule has 0 radical (unpaired) electrons. The number of hydrogen-bond donors (Lipinski definition) is 1. The zero-order chi connectivity index (χ0) is 17.1. The van der Waals surface area contributed by atoms with Gasteiger partial charge in [0.1, 0.15) is 11.6 Å². The number of aryl methyl sites for hydroxylation is 2. The average Bonchev–Trinajstić information content (AvgIpc) is 3.02. The fraction of sp³-hybridized carbons (Fsp3) is 0.200. The van der Waals surface area contributed by atoms with E-state index in [-0.39, 0.29) is 23.1 Å². The molecular weight excluding hydrogens is 353 g/mol. The highest BCUT2D eigenvalue weighted by Crippen LogP contribution is 2.12. The van der Waals surface area contributed by atoms with E-state index in [4.69, 9.17) is 33.5 Å². The van der Waals surface area contributed by atoms with Gasteiger partial charge in [-0.25, -0.2) is 4.68 Å². The normalized spacial score (nSPS) is 10.9. The van der Waals surface area contributed by atoms with Crippen molar-refractivity contribution in [3.05, 3.63) is 68.1 Å². The van der Waals surface area contributed by atoms with E-state index < -0.39 is 5.56 Å². The van der Waals surface area contributed by atoms with Gasteiger partial charge >= 0.3 is 0 Å². The predicted molar refractivity (Wildman–Crippen MR) is 90.2 cm³/mol. The highest BCUT2D eigenvalue weighted by Gasteiger charge is 2.12. The summed E-state index contributed by atoms with van der Waals surface area (Å²) in [6.45, 7) is 0.0345. The topological polar surface area (TPSA) is 99.8 Å². The minimum Gasteiger partial charge on any atom is -0.396 e. The van der Waals surface area contributed by atoms with Gasteiger partial charge in [-0.05, 0) is 24.1 Å². The van der Waals surface area contributed by atoms with Crippen molar-refractivity contribution in [1.29, 1.82) is 0 Å². The number of aromatic nitrogens is 4. The summed E-state index contributed by atoms with van der Waals surface area (Å²) in [4.78, 5) is 16.2. The Labute approximate surface area is 147 Å². The summed E-state index contributed by atoms with van der Waals surface area (Å²) in [6, 6.07) is 7.56. The average molecular weight is 366 g/mol. The maximum Gasteiger partial charge on any atom is 0.288 e. The lowest BCUT2D eigenvalue weighted by Gasteiger charge is -2.02. The number of hydrogen-bond acceptors (Lipinski definition) is 6. The van der Waals surface area contributed by atoms with E-state index in [0.29, 0.717) is 17.3 Å². The standard InChI is InChI=1S/C15H13Cl2N5O2/c16-10-4-1-9(2-5-10)3-6-12-20-13(24-21-12)8-22-15(23)14(17)11(18)7-19-22/h1-2,4-5,7H,3,6,8,18H2. The maximum atomic E-state index is 11.9. The van der Waals surface area contributed by atoms with Gasteiger partial charge in [-0.3, -0.25) is 4.79 Å². The van der Waals surface area contributed by atoms with Gasteiger partial charge in [0.05, 0.1) is 11.9 Å². The molecule has 0 saturated carbocycles. The van der Waals surface area contributed by atoms with Crippen molar-refractivity contribution in [2.75, 3.05) is 5.73 Å². The molecule has 2 N–H and O–H groups in total. The Balaban J connectivity index is 1.66. The van der Waals surface area contributed by atoms with Crippen molar-refractivity contribution in [3.63, 3.8) is 0 Å². The van der Waals surface area contributed by atoms with Crippen LogP contribution in [0.5, 0.6) is 0 Å². The summed E-state index contributed by atoms with van der Waals surface area (Å²) < 4.78 is 6.27. The quantitative estimate of drug-likeness (QED) is 0.744. The summed E-state index contributed by atoms with van der Waals surface area (Å²) in [5, 5.41) is 8.42. The molecular formula is C15H13Cl2N5O2. The van der Waals surface area contributed by atoms with Crippen LogP contribution in [0.15, 0.2) is 39.8 Å². The fourth-order valence-electron chi connectivity index (χ4n) is 2.08. The summed E-state index contributed by atoms with van der Waals surface area (Å²) in [6.07, 6.45) is 2.67. The third-order valence-corrected chi connectivity index (χ3v) is 3.99. The molecule has 0 unspecified atom stereocenters. The lowest BCUT2D eigenvalue weighted by atomic mass is 10.1. The zero-order valence-electron chi connectivity index (χ0n) is 12.4. The molecule has 0 atom stereocenters. The van der Waals surface area contributed by atoms with Gasteiger partial charge in [-0.1, -0.05) is 40.5 Å². The van der Waals surface area contributed by atoms with Crippen LogP contribution in [0.1, 0.15) is 17.3 Å². The summed E-state index contributed by atoms with van der Waals surface area (Å²) in [7, 11) is 0. The zero-order valence-corrected chi connectivity index (χ0v) is 14.0. The van der Waals surface area contributed by atoms with Gasteiger partial charge in [0.25, 0.3) is 5.56 Å². The number of rotatable bonds is 5. The van der Waals surface area contributed by atoms with Gasteiger partial charge in [-0.15, -0.1) is 0 Å². The van der Waals surface area contributed by atoms with Crippen LogP contribution in [0.25, 0.3) is 0 Å². The number of nitrogens with two attached hydrogens (primary N) is 1. The van der Waals surface area contributed by atoms with Crippen molar-refractivity contribution in [2.24, 2.45) is 0 Å². The SMILES string of the molecule is Nc1cnn(Cc2nc(CCc3ccc(Cl)cc3)no2)c(=O)c1Cl. The fourth-order valence-corrected chi connectivity index (χ4v) is 2.35. The van der Waals surface area contributed by atoms with E-state index in [0.717, 1.165) is 16.7 Å². The Morgan fingerprint density at radius 3 is 2.67 bits per heavy atom. The Kier molecular flexibility index (Phi) is 4.82. The number of anilines is 1. The summed E-state index contributed by atoms with van der Waals surface area (Å²) >= 11 is 11.7. The molecule has 3 aromatic rings. The Bertz CT molecular complexity index is 905. The molecule has 24 heavy (non-hydrogen) atoms. The minimum atomic E-state index is -0.502. The maximum absolute atomic E-state index is 11.9. The second-order valence-electron chi connectivity index (χ2n) is 5.11. The van der Waals surface area contributed by atoms with Gasteiger partial charge in [-0.2, -0.15) is 10.1 Å². The van der Waals surface area contributed by atoms with Crippen LogP contribution >= 0.6 is 23.2 Å². The molecule has 1 aromatic carbocycles.